The summed E-state index contributed by atoms with van der Waals surface area (Å²) >= 11 is 1.76. The topological polar surface area (TPSA) is 72.0 Å². The lowest BCUT2D eigenvalue weighted by atomic mass is 10.7. The summed E-state index contributed by atoms with van der Waals surface area (Å²) in [6.45, 7) is 3.56. The summed E-state index contributed by atoms with van der Waals surface area (Å²) in [6.07, 6.45) is 2.06. The Morgan fingerprint density at radius 2 is 1.88 bits per heavy atom. The van der Waals surface area contributed by atoms with Gasteiger partial charge in [-0.25, -0.2) is 0 Å². The van der Waals surface area contributed by atoms with Crippen LogP contribution in [-0.4, -0.2) is 47.2 Å². The molecule has 1 aromatic heterocycles. The van der Waals surface area contributed by atoms with Crippen LogP contribution in [0.1, 0.15) is 6.92 Å². The lowest BCUT2D eigenvalue weighted by Crippen LogP contribution is -2.11. The zero-order valence-corrected chi connectivity index (χ0v) is 10.6. The Hall–Kier alpha value is -1.24. The fourth-order valence-electron chi connectivity index (χ4n) is 1.03. The molecule has 0 spiro atoms. The van der Waals surface area contributed by atoms with Crippen molar-refractivity contribution in [3.05, 3.63) is 0 Å². The second-order valence-electron chi connectivity index (χ2n) is 2.92. The molecule has 16 heavy (non-hydrogen) atoms. The van der Waals surface area contributed by atoms with Gasteiger partial charge in [-0.1, -0.05) is 0 Å². The second-order valence-corrected chi connectivity index (χ2v) is 3.90. The molecule has 2 N–H and O–H groups in total. The number of hydrogen-bond donors (Lipinski definition) is 2. The third-order valence-corrected chi connectivity index (χ3v) is 2.33. The maximum absolute atomic E-state index is 5.00. The average Bonchev–Trinajstić information content (AvgIpc) is 2.29. The van der Waals surface area contributed by atoms with E-state index in [0.717, 1.165) is 18.8 Å². The first kappa shape index (κ1) is 12.8. The van der Waals surface area contributed by atoms with Crippen LogP contribution in [0.4, 0.5) is 11.9 Å². The Morgan fingerprint density at radius 3 is 2.44 bits per heavy atom. The summed E-state index contributed by atoms with van der Waals surface area (Å²) in [5.41, 5.74) is 0. The highest BCUT2D eigenvalue weighted by molar-refractivity contribution is 7.98. The molecular formula is C9H17N5OS. The van der Waals surface area contributed by atoms with Crippen LogP contribution < -0.4 is 15.4 Å². The predicted octanol–water partition coefficient (Wildman–Crippen LogP) is 1.09. The van der Waals surface area contributed by atoms with Crippen LogP contribution in [0, 0.1) is 0 Å². The molecule has 0 aliphatic carbocycles. The Bertz CT molecular complexity index is 323. The van der Waals surface area contributed by atoms with Gasteiger partial charge in [0, 0.05) is 18.8 Å². The zero-order chi connectivity index (χ0) is 11.8. The van der Waals surface area contributed by atoms with Gasteiger partial charge in [-0.2, -0.15) is 26.7 Å². The quantitative estimate of drug-likeness (QED) is 0.694. The highest BCUT2D eigenvalue weighted by Gasteiger charge is 2.05. The fourth-order valence-corrected chi connectivity index (χ4v) is 1.34. The first-order chi connectivity index (χ1) is 7.80. The molecule has 0 amide bonds. The molecule has 0 aliphatic rings. The van der Waals surface area contributed by atoms with Gasteiger partial charge in [-0.05, 0) is 13.2 Å². The molecule has 0 fully saturated rings. The Balaban J connectivity index is 2.69. The molecule has 0 saturated heterocycles. The Labute approximate surface area is 99.6 Å². The predicted molar refractivity (Wildman–Crippen MR) is 67.4 cm³/mol. The van der Waals surface area contributed by atoms with E-state index in [1.807, 2.05) is 6.92 Å². The van der Waals surface area contributed by atoms with Crippen molar-refractivity contribution in [3.63, 3.8) is 0 Å². The summed E-state index contributed by atoms with van der Waals surface area (Å²) in [5.74, 6) is 2.07. The van der Waals surface area contributed by atoms with E-state index in [2.05, 4.69) is 31.8 Å². The molecule has 0 aromatic carbocycles. The van der Waals surface area contributed by atoms with Crippen molar-refractivity contribution < 1.29 is 4.74 Å². The van der Waals surface area contributed by atoms with E-state index in [-0.39, 0.29) is 0 Å². The Morgan fingerprint density at radius 1 is 1.19 bits per heavy atom. The molecule has 1 aromatic rings. The zero-order valence-electron chi connectivity index (χ0n) is 9.78. The minimum absolute atomic E-state index is 0.317. The SMILES string of the molecule is CCNc1nc(NCCSC)nc(OC)n1. The van der Waals surface area contributed by atoms with Gasteiger partial charge < -0.3 is 15.4 Å². The standard InChI is InChI=1S/C9H17N5OS/c1-4-10-7-12-8(11-5-6-16-3)14-9(13-7)15-2/h4-6H2,1-3H3,(H2,10,11,12,13,14). The molecule has 90 valence electrons. The summed E-state index contributed by atoms with van der Waals surface area (Å²) < 4.78 is 5.00. The minimum atomic E-state index is 0.317. The summed E-state index contributed by atoms with van der Waals surface area (Å²) in [5, 5.41) is 6.14. The van der Waals surface area contributed by atoms with Crippen LogP contribution in [0.25, 0.3) is 0 Å². The number of nitrogens with zero attached hydrogens (tertiary/aromatic N) is 3. The van der Waals surface area contributed by atoms with Crippen LogP contribution in [-0.2, 0) is 0 Å². The van der Waals surface area contributed by atoms with E-state index in [9.17, 15) is 0 Å². The van der Waals surface area contributed by atoms with Gasteiger partial charge in [0.1, 0.15) is 0 Å². The van der Waals surface area contributed by atoms with E-state index in [1.54, 1.807) is 11.8 Å². The number of hydrogen-bond acceptors (Lipinski definition) is 7. The summed E-state index contributed by atoms with van der Waals surface area (Å²) in [7, 11) is 1.54. The van der Waals surface area contributed by atoms with Crippen LogP contribution in [0.3, 0.4) is 0 Å². The van der Waals surface area contributed by atoms with Gasteiger partial charge >= 0.3 is 6.01 Å². The highest BCUT2D eigenvalue weighted by atomic mass is 32.2. The average molecular weight is 243 g/mol. The Kier molecular flexibility index (Phi) is 5.69. The van der Waals surface area contributed by atoms with Crippen LogP contribution >= 0.6 is 11.8 Å². The van der Waals surface area contributed by atoms with Gasteiger partial charge in [-0.3, -0.25) is 0 Å². The number of nitrogens with one attached hydrogen (secondary N) is 2. The van der Waals surface area contributed by atoms with Crippen molar-refractivity contribution >= 4 is 23.7 Å². The smallest absolute Gasteiger partial charge is 0.322 e. The summed E-state index contributed by atoms with van der Waals surface area (Å²) in [4.78, 5) is 12.4. The molecule has 0 saturated carbocycles. The van der Waals surface area contributed by atoms with Crippen LogP contribution in [0.15, 0.2) is 0 Å². The third-order valence-electron chi connectivity index (χ3n) is 1.72. The first-order valence-corrected chi connectivity index (χ1v) is 6.46. The minimum Gasteiger partial charge on any atom is -0.467 e. The van der Waals surface area contributed by atoms with Gasteiger partial charge in [0.15, 0.2) is 0 Å². The van der Waals surface area contributed by atoms with Crippen molar-refractivity contribution in [2.24, 2.45) is 0 Å². The maximum Gasteiger partial charge on any atom is 0.322 e. The molecule has 1 heterocycles. The van der Waals surface area contributed by atoms with E-state index >= 15 is 0 Å². The van der Waals surface area contributed by atoms with E-state index < -0.39 is 0 Å². The van der Waals surface area contributed by atoms with E-state index in [0.29, 0.717) is 17.9 Å². The monoisotopic (exact) mass is 243 g/mol. The normalized spacial score (nSPS) is 9.94. The molecule has 0 radical (unpaired) electrons. The lowest BCUT2D eigenvalue weighted by molar-refractivity contribution is 0.379. The van der Waals surface area contributed by atoms with Crippen molar-refractivity contribution in [1.29, 1.82) is 0 Å². The number of thioether (sulfide) groups is 1. The molecule has 6 nitrogen and oxygen atoms in total. The van der Waals surface area contributed by atoms with Crippen molar-refractivity contribution in [2.75, 3.05) is 42.8 Å². The van der Waals surface area contributed by atoms with E-state index in [1.165, 1.54) is 7.11 Å². The molecule has 0 bridgehead atoms. The van der Waals surface area contributed by atoms with Crippen LogP contribution in [0.2, 0.25) is 0 Å². The van der Waals surface area contributed by atoms with Gasteiger partial charge in [0.05, 0.1) is 7.11 Å². The molecule has 1 rings (SSSR count). The molecular weight excluding hydrogens is 226 g/mol. The van der Waals surface area contributed by atoms with Crippen molar-refractivity contribution in [3.8, 4) is 6.01 Å². The second kappa shape index (κ2) is 7.10. The third kappa shape index (κ3) is 4.09. The number of aromatic nitrogens is 3. The number of anilines is 2. The summed E-state index contributed by atoms with van der Waals surface area (Å²) in [6, 6.07) is 0.317. The molecule has 0 aliphatic heterocycles. The van der Waals surface area contributed by atoms with Crippen molar-refractivity contribution in [2.45, 2.75) is 6.92 Å². The van der Waals surface area contributed by atoms with Gasteiger partial charge in [0.25, 0.3) is 0 Å². The van der Waals surface area contributed by atoms with E-state index in [4.69, 9.17) is 4.74 Å². The molecule has 0 unspecified atom stereocenters. The number of methoxy groups -OCH3 is 1. The first-order valence-electron chi connectivity index (χ1n) is 5.07. The van der Waals surface area contributed by atoms with Gasteiger partial charge in [0.2, 0.25) is 11.9 Å². The largest absolute Gasteiger partial charge is 0.467 e. The van der Waals surface area contributed by atoms with Crippen LogP contribution in [0.5, 0.6) is 6.01 Å². The number of rotatable bonds is 7. The highest BCUT2D eigenvalue weighted by Crippen LogP contribution is 2.10. The molecule has 0 atom stereocenters. The van der Waals surface area contributed by atoms with Crippen molar-refractivity contribution in [1.82, 2.24) is 15.0 Å². The number of ether oxygens (including phenoxy) is 1. The fraction of sp³-hybridized carbons (Fsp3) is 0.667. The lowest BCUT2D eigenvalue weighted by Gasteiger charge is -2.07. The van der Waals surface area contributed by atoms with Gasteiger partial charge in [-0.15, -0.1) is 0 Å². The molecule has 7 heteroatoms. The maximum atomic E-state index is 5.00.